The second-order valence-electron chi connectivity index (χ2n) is 6.39. The van der Waals surface area contributed by atoms with Crippen molar-refractivity contribution in [3.8, 4) is 0 Å². The van der Waals surface area contributed by atoms with Gasteiger partial charge in [0.15, 0.2) is 5.78 Å². The van der Waals surface area contributed by atoms with Gasteiger partial charge in [-0.15, -0.1) is 0 Å². The highest BCUT2D eigenvalue weighted by molar-refractivity contribution is 5.79. The third-order valence-corrected chi connectivity index (χ3v) is 3.23. The number of ketones is 1. The molecule has 0 aromatic carbocycles. The smallest absolute Gasteiger partial charge is 0.322 e. The number of nitrogens with one attached hydrogen (secondary N) is 3. The molecule has 0 saturated heterocycles. The minimum atomic E-state index is -1.03. The molecule has 13 nitrogen and oxygen atoms in total. The Kier molecular flexibility index (Phi) is 23.7. The Bertz CT molecular complexity index is 558. The van der Waals surface area contributed by atoms with Gasteiger partial charge in [0.05, 0.1) is 39.6 Å². The zero-order valence-corrected chi connectivity index (χ0v) is 19.6. The topological polar surface area (TPSA) is 179 Å². The predicted molar refractivity (Wildman–Crippen MR) is 117 cm³/mol. The van der Waals surface area contributed by atoms with Crippen LogP contribution in [0.5, 0.6) is 0 Å². The highest BCUT2D eigenvalue weighted by Gasteiger charge is 2.01. The van der Waals surface area contributed by atoms with Gasteiger partial charge in [0.2, 0.25) is 17.7 Å². The SMILES string of the molecule is CC(=O)NCC(=O)O.CCC(=O)NCCOCCOCC(=O)NCCOCCOCC(C)=O. The van der Waals surface area contributed by atoms with Crippen molar-refractivity contribution in [2.24, 2.45) is 0 Å². The van der Waals surface area contributed by atoms with E-state index in [0.29, 0.717) is 59.2 Å². The van der Waals surface area contributed by atoms with Crippen LogP contribution in [0.15, 0.2) is 0 Å². The monoisotopic (exact) mass is 479 g/mol. The van der Waals surface area contributed by atoms with E-state index in [9.17, 15) is 24.0 Å². The van der Waals surface area contributed by atoms with Gasteiger partial charge in [0, 0.05) is 26.4 Å². The summed E-state index contributed by atoms with van der Waals surface area (Å²) in [6, 6.07) is 0. The summed E-state index contributed by atoms with van der Waals surface area (Å²) in [5.41, 5.74) is 0. The van der Waals surface area contributed by atoms with E-state index in [-0.39, 0.29) is 43.3 Å². The standard InChI is InChI=1S/C16H30N2O7.C4H7NO3/c1-3-15(20)17-4-6-22-9-11-25-13-16(21)18-5-7-23-8-10-24-12-14(2)19;1-3(6)5-2-4(7)8/h3-13H2,1-2H3,(H,17,20)(H,18,21);2H2,1H3,(H,5,6)(H,7,8). The molecule has 0 rings (SSSR count). The molecule has 0 radical (unpaired) electrons. The highest BCUT2D eigenvalue weighted by atomic mass is 16.5. The molecule has 192 valence electrons. The number of aliphatic carboxylic acids is 1. The third-order valence-electron chi connectivity index (χ3n) is 3.23. The summed E-state index contributed by atoms with van der Waals surface area (Å²) >= 11 is 0. The molecule has 3 amide bonds. The third kappa shape index (κ3) is 31.7. The second kappa shape index (κ2) is 24.0. The van der Waals surface area contributed by atoms with E-state index in [1.54, 1.807) is 6.92 Å². The van der Waals surface area contributed by atoms with Gasteiger partial charge in [-0.2, -0.15) is 0 Å². The van der Waals surface area contributed by atoms with Crippen LogP contribution in [0.1, 0.15) is 27.2 Å². The van der Waals surface area contributed by atoms with Gasteiger partial charge in [0.25, 0.3) is 0 Å². The molecule has 0 fully saturated rings. The average Bonchev–Trinajstić information content (AvgIpc) is 2.75. The number of hydrogen-bond acceptors (Lipinski definition) is 9. The Hall–Kier alpha value is -2.61. The molecule has 0 aliphatic rings. The summed E-state index contributed by atoms with van der Waals surface area (Å²) < 4.78 is 20.7. The Morgan fingerprint density at radius 1 is 0.667 bits per heavy atom. The second-order valence-corrected chi connectivity index (χ2v) is 6.39. The van der Waals surface area contributed by atoms with Crippen molar-refractivity contribution in [2.45, 2.75) is 27.2 Å². The zero-order chi connectivity index (χ0) is 25.3. The Labute approximate surface area is 193 Å². The van der Waals surface area contributed by atoms with Crippen molar-refractivity contribution in [3.63, 3.8) is 0 Å². The van der Waals surface area contributed by atoms with Crippen molar-refractivity contribution < 1.29 is 48.0 Å². The van der Waals surface area contributed by atoms with Gasteiger partial charge in [-0.25, -0.2) is 0 Å². The minimum absolute atomic E-state index is 0.0101. The normalized spacial score (nSPS) is 9.91. The first-order valence-corrected chi connectivity index (χ1v) is 10.5. The van der Waals surface area contributed by atoms with Crippen LogP contribution in [0.4, 0.5) is 0 Å². The summed E-state index contributed by atoms with van der Waals surface area (Å²) in [7, 11) is 0. The number of carboxylic acid groups (broad SMARTS) is 1. The van der Waals surface area contributed by atoms with Crippen LogP contribution < -0.4 is 16.0 Å². The van der Waals surface area contributed by atoms with E-state index < -0.39 is 5.97 Å². The number of carbonyl (C=O) groups is 5. The fourth-order valence-corrected chi connectivity index (χ4v) is 1.72. The van der Waals surface area contributed by atoms with Crippen LogP contribution in [0.3, 0.4) is 0 Å². The molecule has 0 heterocycles. The molecule has 0 unspecified atom stereocenters. The molecule has 0 aliphatic heterocycles. The number of carboxylic acids is 1. The fourth-order valence-electron chi connectivity index (χ4n) is 1.72. The number of carbonyl (C=O) groups excluding carboxylic acids is 4. The molecule has 13 heteroatoms. The van der Waals surface area contributed by atoms with Gasteiger partial charge < -0.3 is 40.0 Å². The van der Waals surface area contributed by atoms with E-state index in [0.717, 1.165) is 0 Å². The van der Waals surface area contributed by atoms with E-state index in [1.807, 2.05) is 0 Å². The fraction of sp³-hybridized carbons (Fsp3) is 0.750. The van der Waals surface area contributed by atoms with Crippen molar-refractivity contribution in [1.29, 1.82) is 0 Å². The van der Waals surface area contributed by atoms with E-state index in [1.165, 1.54) is 13.8 Å². The Balaban J connectivity index is 0. The lowest BCUT2D eigenvalue weighted by molar-refractivity contribution is -0.137. The summed E-state index contributed by atoms with van der Waals surface area (Å²) in [5.74, 6) is -1.62. The highest BCUT2D eigenvalue weighted by Crippen LogP contribution is 1.82. The van der Waals surface area contributed by atoms with Crippen LogP contribution in [0.2, 0.25) is 0 Å². The van der Waals surface area contributed by atoms with Gasteiger partial charge in [-0.05, 0) is 6.92 Å². The van der Waals surface area contributed by atoms with Crippen LogP contribution >= 0.6 is 0 Å². The maximum atomic E-state index is 11.5. The molecule has 33 heavy (non-hydrogen) atoms. The van der Waals surface area contributed by atoms with Crippen LogP contribution in [-0.2, 0) is 42.9 Å². The van der Waals surface area contributed by atoms with Crippen LogP contribution in [0.25, 0.3) is 0 Å². The lowest BCUT2D eigenvalue weighted by Crippen LogP contribution is -2.31. The number of Topliss-reactive ketones (excluding diaryl/α,β-unsaturated/α-hetero) is 1. The van der Waals surface area contributed by atoms with Crippen molar-refractivity contribution in [2.75, 3.05) is 72.5 Å². The number of hydrogen-bond donors (Lipinski definition) is 4. The number of ether oxygens (including phenoxy) is 4. The van der Waals surface area contributed by atoms with Crippen molar-refractivity contribution in [3.05, 3.63) is 0 Å². The summed E-state index contributed by atoms with van der Waals surface area (Å²) in [6.45, 7) is 7.26. The molecule has 0 atom stereocenters. The van der Waals surface area contributed by atoms with Crippen LogP contribution in [-0.4, -0.2) is 107 Å². The van der Waals surface area contributed by atoms with Gasteiger partial charge in [-0.3, -0.25) is 24.0 Å². The maximum Gasteiger partial charge on any atom is 0.322 e. The quantitative estimate of drug-likeness (QED) is 0.159. The lowest BCUT2D eigenvalue weighted by Gasteiger charge is -2.08. The van der Waals surface area contributed by atoms with Crippen molar-refractivity contribution in [1.82, 2.24) is 16.0 Å². The zero-order valence-electron chi connectivity index (χ0n) is 19.6. The van der Waals surface area contributed by atoms with Gasteiger partial charge in [0.1, 0.15) is 19.8 Å². The molecule has 0 saturated carbocycles. The van der Waals surface area contributed by atoms with E-state index in [4.69, 9.17) is 24.1 Å². The minimum Gasteiger partial charge on any atom is -0.480 e. The first-order valence-electron chi connectivity index (χ1n) is 10.5. The maximum absolute atomic E-state index is 11.5. The molecule has 0 spiro atoms. The lowest BCUT2D eigenvalue weighted by atomic mass is 10.4. The largest absolute Gasteiger partial charge is 0.480 e. The van der Waals surface area contributed by atoms with Crippen molar-refractivity contribution >= 4 is 29.5 Å². The Morgan fingerprint density at radius 2 is 1.15 bits per heavy atom. The summed E-state index contributed by atoms with van der Waals surface area (Å²) in [4.78, 5) is 52.7. The molecule has 0 bridgehead atoms. The van der Waals surface area contributed by atoms with Gasteiger partial charge in [-0.1, -0.05) is 6.92 Å². The van der Waals surface area contributed by atoms with E-state index >= 15 is 0 Å². The number of rotatable bonds is 19. The molecule has 0 aliphatic carbocycles. The number of amides is 3. The summed E-state index contributed by atoms with van der Waals surface area (Å²) in [5, 5.41) is 15.4. The predicted octanol–water partition coefficient (Wildman–Crippen LogP) is -1.51. The Morgan fingerprint density at radius 3 is 1.58 bits per heavy atom. The molecular formula is C20H37N3O10. The van der Waals surface area contributed by atoms with Gasteiger partial charge >= 0.3 is 5.97 Å². The first-order chi connectivity index (χ1) is 15.7. The molecule has 0 aromatic rings. The first kappa shape index (κ1) is 32.6. The molecule has 4 N–H and O–H groups in total. The van der Waals surface area contributed by atoms with E-state index in [2.05, 4.69) is 16.0 Å². The van der Waals surface area contributed by atoms with Crippen LogP contribution in [0, 0.1) is 0 Å². The average molecular weight is 480 g/mol. The summed E-state index contributed by atoms with van der Waals surface area (Å²) in [6.07, 6.45) is 0.455. The molecule has 0 aromatic heterocycles. The molecular weight excluding hydrogens is 442 g/mol.